The quantitative estimate of drug-likeness (QED) is 0.378. The lowest BCUT2D eigenvalue weighted by Crippen LogP contribution is -3.20. The third kappa shape index (κ3) is 0.850. The molecule has 0 aliphatic carbocycles. The Labute approximate surface area is 71.1 Å². The third-order valence-electron chi connectivity index (χ3n) is 2.48. The minimum Gasteiger partial charge on any atom is -0.633 e. The van der Waals surface area contributed by atoms with E-state index in [-0.39, 0.29) is 5.06 Å². The van der Waals surface area contributed by atoms with Gasteiger partial charge in [0.1, 0.15) is 0 Å². The highest BCUT2D eigenvalue weighted by Crippen LogP contribution is 2.16. The van der Waals surface area contributed by atoms with Gasteiger partial charge in [0.2, 0.25) is 0 Å². The first-order valence-corrected chi connectivity index (χ1v) is 3.86. The number of carbonyl (C=O) groups is 2. The van der Waals surface area contributed by atoms with Crippen LogP contribution in [0.2, 0.25) is 0 Å². The molecule has 0 aromatic carbocycles. The fourth-order valence-electron chi connectivity index (χ4n) is 1.56. The Hall–Kier alpha value is -0.740. The summed E-state index contributed by atoms with van der Waals surface area (Å²) >= 11 is 0. The average molecular weight is 171 g/mol. The van der Waals surface area contributed by atoms with Gasteiger partial charge in [-0.15, -0.1) is 0 Å². The van der Waals surface area contributed by atoms with Gasteiger partial charge in [-0.1, -0.05) is 0 Å². The highest BCUT2D eigenvalue weighted by atomic mass is 16.5. The molecule has 0 aromatic heterocycles. The number of Topliss-reactive ketones (excluding diaryl/α,β-unsaturated/α-hetero) is 2. The molecule has 12 heavy (non-hydrogen) atoms. The Balaban J connectivity index is 3.21. The zero-order valence-corrected chi connectivity index (χ0v) is 7.72. The van der Waals surface area contributed by atoms with Crippen LogP contribution in [0.5, 0.6) is 0 Å². The van der Waals surface area contributed by atoms with Crippen LogP contribution in [-0.2, 0) is 9.59 Å². The highest BCUT2D eigenvalue weighted by Gasteiger charge is 2.58. The average Bonchev–Trinajstić information content (AvgIpc) is 2.06. The van der Waals surface area contributed by atoms with Gasteiger partial charge in [-0.25, -0.2) is 0 Å². The van der Waals surface area contributed by atoms with Crippen molar-refractivity contribution in [1.29, 1.82) is 0 Å². The smallest absolute Gasteiger partial charge is 0.264 e. The second-order valence-corrected chi connectivity index (χ2v) is 4.24. The van der Waals surface area contributed by atoms with E-state index in [0.717, 1.165) is 0 Å². The molecular formula is C8H13NO3. The Morgan fingerprint density at radius 1 is 1.00 bits per heavy atom. The van der Waals surface area contributed by atoms with Crippen molar-refractivity contribution in [2.75, 3.05) is 0 Å². The third-order valence-corrected chi connectivity index (χ3v) is 2.48. The van der Waals surface area contributed by atoms with Gasteiger partial charge >= 0.3 is 0 Å². The lowest BCUT2D eigenvalue weighted by atomic mass is 9.98. The van der Waals surface area contributed by atoms with E-state index < -0.39 is 22.6 Å². The van der Waals surface area contributed by atoms with Crippen LogP contribution < -0.4 is 5.06 Å². The van der Waals surface area contributed by atoms with Crippen molar-refractivity contribution in [3.63, 3.8) is 0 Å². The minimum absolute atomic E-state index is 0.273. The highest BCUT2D eigenvalue weighted by molar-refractivity contribution is 6.44. The van der Waals surface area contributed by atoms with Gasteiger partial charge in [-0.3, -0.25) is 9.59 Å². The predicted molar refractivity (Wildman–Crippen MR) is 42.5 cm³/mol. The molecular weight excluding hydrogens is 158 g/mol. The van der Waals surface area contributed by atoms with E-state index in [1.54, 1.807) is 0 Å². The minimum atomic E-state index is -1.11. The summed E-state index contributed by atoms with van der Waals surface area (Å²) in [5.74, 6) is -1.12. The van der Waals surface area contributed by atoms with Gasteiger partial charge in [0, 0.05) is 0 Å². The lowest BCUT2D eigenvalue weighted by molar-refractivity contribution is -0.920. The maximum Gasteiger partial charge on any atom is 0.264 e. The second kappa shape index (κ2) is 2.14. The number of hydrogen-bond donors (Lipinski definition) is 1. The Morgan fingerprint density at radius 2 is 1.25 bits per heavy atom. The molecule has 1 N–H and O–H groups in total. The predicted octanol–water partition coefficient (Wildman–Crippen LogP) is -0.922. The normalized spacial score (nSPS) is 28.1. The van der Waals surface area contributed by atoms with Crippen LogP contribution in [0.25, 0.3) is 0 Å². The van der Waals surface area contributed by atoms with Crippen molar-refractivity contribution in [2.45, 2.75) is 38.8 Å². The summed E-state index contributed by atoms with van der Waals surface area (Å²) in [6.07, 6.45) is 0. The summed E-state index contributed by atoms with van der Waals surface area (Å²) in [7, 11) is 0. The van der Waals surface area contributed by atoms with Crippen LogP contribution in [0.4, 0.5) is 0 Å². The summed E-state index contributed by atoms with van der Waals surface area (Å²) in [6, 6.07) is 0. The SMILES string of the molecule is CC1(C)C(=O)C(=O)C(C)(C)[NH+]1[O-]. The first-order valence-electron chi connectivity index (χ1n) is 3.86. The standard InChI is InChI=1S/C8H13NO3/c1-7(2)5(10)6(11)8(3,4)9(7)12/h9H,1-4H3. The van der Waals surface area contributed by atoms with Crippen molar-refractivity contribution in [3.8, 4) is 0 Å². The van der Waals surface area contributed by atoms with E-state index in [0.29, 0.717) is 0 Å². The number of hydrogen-bond acceptors (Lipinski definition) is 3. The largest absolute Gasteiger partial charge is 0.633 e. The molecule has 1 fully saturated rings. The molecule has 0 unspecified atom stereocenters. The van der Waals surface area contributed by atoms with Gasteiger partial charge in [0.25, 0.3) is 11.6 Å². The Bertz CT molecular complexity index is 229. The topological polar surface area (TPSA) is 61.6 Å². The molecule has 0 bridgehead atoms. The van der Waals surface area contributed by atoms with E-state index in [1.165, 1.54) is 27.7 Å². The monoisotopic (exact) mass is 171 g/mol. The molecule has 1 aliphatic heterocycles. The van der Waals surface area contributed by atoms with Crippen LogP contribution in [0, 0.1) is 5.21 Å². The first-order chi connectivity index (χ1) is 5.22. The lowest BCUT2D eigenvalue weighted by Gasteiger charge is -2.37. The zero-order chi connectivity index (χ0) is 9.73. The number of quaternary nitrogens is 1. The number of nitrogens with one attached hydrogen (secondary N) is 1. The molecule has 1 aliphatic rings. The summed E-state index contributed by atoms with van der Waals surface area (Å²) in [5, 5.41) is 11.3. The zero-order valence-electron chi connectivity index (χ0n) is 7.72. The molecule has 68 valence electrons. The molecule has 1 rings (SSSR count). The molecule has 0 radical (unpaired) electrons. The van der Waals surface area contributed by atoms with Crippen molar-refractivity contribution < 1.29 is 14.7 Å². The van der Waals surface area contributed by atoms with Gasteiger partial charge in [-0.2, -0.15) is 0 Å². The van der Waals surface area contributed by atoms with E-state index in [2.05, 4.69) is 0 Å². The van der Waals surface area contributed by atoms with Crippen LogP contribution in [0.3, 0.4) is 0 Å². The second-order valence-electron chi connectivity index (χ2n) is 4.24. The fourth-order valence-corrected chi connectivity index (χ4v) is 1.56. The summed E-state index contributed by atoms with van der Waals surface area (Å²) < 4.78 is 0. The fraction of sp³-hybridized carbons (Fsp3) is 0.750. The Morgan fingerprint density at radius 3 is 1.33 bits per heavy atom. The van der Waals surface area contributed by atoms with Crippen LogP contribution in [-0.4, -0.2) is 22.6 Å². The van der Waals surface area contributed by atoms with Crippen molar-refractivity contribution in [1.82, 2.24) is 0 Å². The molecule has 0 saturated carbocycles. The summed E-state index contributed by atoms with van der Waals surface area (Å²) in [4.78, 5) is 22.6. The molecule has 0 aromatic rings. The summed E-state index contributed by atoms with van der Waals surface area (Å²) in [5.41, 5.74) is -2.22. The maximum absolute atomic E-state index is 11.5. The molecule has 4 heteroatoms. The van der Waals surface area contributed by atoms with E-state index >= 15 is 0 Å². The van der Waals surface area contributed by atoms with Gasteiger partial charge < -0.3 is 10.3 Å². The number of rotatable bonds is 0. The van der Waals surface area contributed by atoms with Crippen LogP contribution in [0.1, 0.15) is 27.7 Å². The van der Waals surface area contributed by atoms with Crippen molar-refractivity contribution in [3.05, 3.63) is 5.21 Å². The van der Waals surface area contributed by atoms with Crippen molar-refractivity contribution >= 4 is 11.6 Å². The molecule has 0 amide bonds. The molecule has 1 saturated heterocycles. The number of carbonyl (C=O) groups excluding carboxylic acids is 2. The molecule has 0 atom stereocenters. The van der Waals surface area contributed by atoms with E-state index in [1.807, 2.05) is 0 Å². The van der Waals surface area contributed by atoms with Gasteiger partial charge in [0.05, 0.1) is 0 Å². The molecule has 0 spiro atoms. The number of hydroxylamine groups is 2. The Kier molecular flexibility index (Phi) is 1.67. The van der Waals surface area contributed by atoms with Crippen molar-refractivity contribution in [2.24, 2.45) is 0 Å². The molecule has 1 heterocycles. The van der Waals surface area contributed by atoms with Gasteiger partial charge in [0.15, 0.2) is 11.1 Å². The van der Waals surface area contributed by atoms with Crippen LogP contribution >= 0.6 is 0 Å². The van der Waals surface area contributed by atoms with Crippen LogP contribution in [0.15, 0.2) is 0 Å². The maximum atomic E-state index is 11.5. The first kappa shape index (κ1) is 9.35. The van der Waals surface area contributed by atoms with E-state index in [4.69, 9.17) is 0 Å². The van der Waals surface area contributed by atoms with Gasteiger partial charge in [-0.05, 0) is 27.7 Å². The number of ketones is 2. The van der Waals surface area contributed by atoms with E-state index in [9.17, 15) is 14.8 Å². The summed E-state index contributed by atoms with van der Waals surface area (Å²) in [6.45, 7) is 6.02. The molecule has 4 nitrogen and oxygen atoms in total.